The number of ether oxygens (including phenoxy) is 1. The highest BCUT2D eigenvalue weighted by Crippen LogP contribution is 2.15. The predicted molar refractivity (Wildman–Crippen MR) is 90.8 cm³/mol. The van der Waals surface area contributed by atoms with Gasteiger partial charge in [0.05, 0.1) is 12.1 Å². The van der Waals surface area contributed by atoms with Crippen LogP contribution in [-0.4, -0.2) is 39.5 Å². The van der Waals surface area contributed by atoms with Gasteiger partial charge in [0.2, 0.25) is 0 Å². The zero-order valence-corrected chi connectivity index (χ0v) is 13.8. The van der Waals surface area contributed by atoms with Crippen LogP contribution < -0.4 is 10.6 Å². The van der Waals surface area contributed by atoms with E-state index in [9.17, 15) is 4.79 Å². The van der Waals surface area contributed by atoms with E-state index < -0.39 is 0 Å². The Morgan fingerprint density at radius 1 is 1.42 bits per heavy atom. The highest BCUT2D eigenvalue weighted by atomic mass is 16.5. The summed E-state index contributed by atoms with van der Waals surface area (Å²) in [6.45, 7) is 3.49. The zero-order valence-electron chi connectivity index (χ0n) is 13.8. The number of aromatic nitrogens is 3. The molecule has 0 spiro atoms. The molecule has 3 rings (SSSR count). The maximum absolute atomic E-state index is 12.0. The number of carbonyl (C=O) groups is 1. The number of rotatable bonds is 6. The molecular formula is C17H23N5O2. The van der Waals surface area contributed by atoms with Gasteiger partial charge in [0.25, 0.3) is 0 Å². The van der Waals surface area contributed by atoms with Gasteiger partial charge in [-0.05, 0) is 43.9 Å². The second-order valence-corrected chi connectivity index (χ2v) is 6.01. The average molecular weight is 329 g/mol. The number of amides is 2. The summed E-state index contributed by atoms with van der Waals surface area (Å²) >= 11 is 0. The van der Waals surface area contributed by atoms with Gasteiger partial charge in [-0.3, -0.25) is 15.0 Å². The van der Waals surface area contributed by atoms with Crippen molar-refractivity contribution in [3.05, 3.63) is 42.4 Å². The Labute approximate surface area is 141 Å². The molecule has 0 aliphatic carbocycles. The topological polar surface area (TPSA) is 81.1 Å². The maximum atomic E-state index is 12.0. The normalized spacial score (nSPS) is 18.3. The van der Waals surface area contributed by atoms with E-state index in [1.807, 2.05) is 29.9 Å². The van der Waals surface area contributed by atoms with Crippen molar-refractivity contribution in [2.45, 2.75) is 44.9 Å². The molecule has 0 unspecified atom stereocenters. The molecule has 1 fully saturated rings. The fraction of sp³-hybridized carbons (Fsp3) is 0.471. The summed E-state index contributed by atoms with van der Waals surface area (Å²) in [4.78, 5) is 16.0. The fourth-order valence-electron chi connectivity index (χ4n) is 2.80. The molecule has 0 bridgehead atoms. The Balaban J connectivity index is 1.45. The molecule has 1 saturated heterocycles. The highest BCUT2D eigenvalue weighted by molar-refractivity contribution is 5.88. The van der Waals surface area contributed by atoms with Crippen molar-refractivity contribution in [2.24, 2.45) is 0 Å². The van der Waals surface area contributed by atoms with Crippen molar-refractivity contribution in [1.29, 1.82) is 0 Å². The summed E-state index contributed by atoms with van der Waals surface area (Å²) in [5.74, 6) is 0.543. The van der Waals surface area contributed by atoms with E-state index in [2.05, 4.69) is 20.7 Å². The molecule has 128 valence electrons. The minimum absolute atomic E-state index is 0.0127. The van der Waals surface area contributed by atoms with Crippen LogP contribution >= 0.6 is 0 Å². The minimum Gasteiger partial charge on any atom is -0.376 e. The molecular weight excluding hydrogens is 306 g/mol. The van der Waals surface area contributed by atoms with Crippen LogP contribution in [0.1, 0.15) is 25.3 Å². The molecule has 1 aliphatic rings. The van der Waals surface area contributed by atoms with Gasteiger partial charge in [0, 0.05) is 37.8 Å². The largest absolute Gasteiger partial charge is 0.376 e. The van der Waals surface area contributed by atoms with Crippen molar-refractivity contribution in [3.8, 4) is 0 Å². The smallest absolute Gasteiger partial charge is 0.320 e. The molecule has 24 heavy (non-hydrogen) atoms. The minimum atomic E-state index is -0.252. The summed E-state index contributed by atoms with van der Waals surface area (Å²) < 4.78 is 7.40. The number of urea groups is 1. The number of pyridine rings is 1. The first-order valence-electron chi connectivity index (χ1n) is 8.32. The number of anilines is 1. The van der Waals surface area contributed by atoms with E-state index >= 15 is 0 Å². The lowest BCUT2D eigenvalue weighted by Gasteiger charge is -2.19. The number of aryl methyl sites for hydroxylation is 2. The van der Waals surface area contributed by atoms with Crippen LogP contribution in [0.15, 0.2) is 36.8 Å². The van der Waals surface area contributed by atoms with Gasteiger partial charge in [-0.1, -0.05) is 0 Å². The van der Waals surface area contributed by atoms with Crippen LogP contribution in [0.3, 0.4) is 0 Å². The van der Waals surface area contributed by atoms with Crippen molar-refractivity contribution in [1.82, 2.24) is 20.1 Å². The third-order valence-corrected chi connectivity index (χ3v) is 4.14. The third kappa shape index (κ3) is 4.55. The van der Waals surface area contributed by atoms with Gasteiger partial charge in [0.1, 0.15) is 0 Å². The molecule has 2 aromatic rings. The second-order valence-electron chi connectivity index (χ2n) is 6.01. The highest BCUT2D eigenvalue weighted by Gasteiger charge is 2.23. The van der Waals surface area contributed by atoms with E-state index in [0.29, 0.717) is 5.82 Å². The Kier molecular flexibility index (Phi) is 5.43. The standard InChI is InChI=1S/C17H23N5O2/c1-13(15-3-2-12-24-15)19-17(23)20-16-7-11-22(21-16)10-6-14-4-8-18-9-5-14/h4-5,7-9,11,13,15H,2-3,6,10,12H2,1H3,(H2,19,20,21,23)/t13-,15+/m1/s1. The molecule has 3 heterocycles. The number of hydrogen-bond acceptors (Lipinski definition) is 4. The molecule has 1 aliphatic heterocycles. The first-order chi connectivity index (χ1) is 11.7. The van der Waals surface area contributed by atoms with Gasteiger partial charge in [-0.2, -0.15) is 5.10 Å². The molecule has 0 radical (unpaired) electrons. The van der Waals surface area contributed by atoms with Gasteiger partial charge in [-0.25, -0.2) is 4.79 Å². The molecule has 0 aromatic carbocycles. The Hall–Kier alpha value is -2.41. The molecule has 7 heteroatoms. The van der Waals surface area contributed by atoms with Crippen LogP contribution in [0.2, 0.25) is 0 Å². The molecule has 2 aromatic heterocycles. The summed E-state index contributed by atoms with van der Waals surface area (Å²) in [6, 6.07) is 5.51. The lowest BCUT2D eigenvalue weighted by Crippen LogP contribution is -2.43. The number of nitrogens with zero attached hydrogens (tertiary/aromatic N) is 3. The summed E-state index contributed by atoms with van der Waals surface area (Å²) in [5.41, 5.74) is 1.21. The van der Waals surface area contributed by atoms with Crippen LogP contribution in [0.4, 0.5) is 10.6 Å². The zero-order chi connectivity index (χ0) is 16.8. The molecule has 2 N–H and O–H groups in total. The summed E-state index contributed by atoms with van der Waals surface area (Å²) in [6.07, 6.45) is 8.45. The Morgan fingerprint density at radius 3 is 3.00 bits per heavy atom. The lowest BCUT2D eigenvalue weighted by molar-refractivity contribution is 0.0868. The van der Waals surface area contributed by atoms with Crippen molar-refractivity contribution in [2.75, 3.05) is 11.9 Å². The van der Waals surface area contributed by atoms with Crippen molar-refractivity contribution >= 4 is 11.8 Å². The maximum Gasteiger partial charge on any atom is 0.320 e. The fourth-order valence-corrected chi connectivity index (χ4v) is 2.80. The third-order valence-electron chi connectivity index (χ3n) is 4.14. The Morgan fingerprint density at radius 2 is 2.25 bits per heavy atom. The summed E-state index contributed by atoms with van der Waals surface area (Å²) in [7, 11) is 0. The first kappa shape index (κ1) is 16.4. The molecule has 7 nitrogen and oxygen atoms in total. The van der Waals surface area contributed by atoms with E-state index in [1.165, 1.54) is 5.56 Å². The van der Waals surface area contributed by atoms with Gasteiger partial charge >= 0.3 is 6.03 Å². The average Bonchev–Trinajstić information content (AvgIpc) is 3.25. The number of carbonyl (C=O) groups excluding carboxylic acids is 1. The number of hydrogen-bond donors (Lipinski definition) is 2. The van der Waals surface area contributed by atoms with Crippen molar-refractivity contribution < 1.29 is 9.53 Å². The lowest BCUT2D eigenvalue weighted by atomic mass is 10.1. The second kappa shape index (κ2) is 7.92. The van der Waals surface area contributed by atoms with Gasteiger partial charge in [0.15, 0.2) is 5.82 Å². The van der Waals surface area contributed by atoms with Crippen LogP contribution in [0.5, 0.6) is 0 Å². The van der Waals surface area contributed by atoms with E-state index in [0.717, 1.165) is 32.4 Å². The van der Waals surface area contributed by atoms with E-state index in [4.69, 9.17) is 4.74 Å². The van der Waals surface area contributed by atoms with Crippen LogP contribution in [0, 0.1) is 0 Å². The molecule has 2 amide bonds. The van der Waals surface area contributed by atoms with Crippen molar-refractivity contribution in [3.63, 3.8) is 0 Å². The first-order valence-corrected chi connectivity index (χ1v) is 8.32. The van der Waals surface area contributed by atoms with E-state index in [1.54, 1.807) is 18.5 Å². The Bertz CT molecular complexity index is 652. The number of nitrogens with one attached hydrogen (secondary N) is 2. The summed E-state index contributed by atoms with van der Waals surface area (Å²) in [5, 5.41) is 10.0. The predicted octanol–water partition coefficient (Wildman–Crippen LogP) is 2.21. The SMILES string of the molecule is C[C@@H](NC(=O)Nc1ccn(CCc2ccncc2)n1)[C@@H]1CCCO1. The van der Waals surface area contributed by atoms with Crippen LogP contribution in [-0.2, 0) is 17.7 Å². The van der Waals surface area contributed by atoms with E-state index in [-0.39, 0.29) is 18.2 Å². The molecule has 0 saturated carbocycles. The molecule has 2 atom stereocenters. The van der Waals surface area contributed by atoms with Gasteiger partial charge < -0.3 is 10.1 Å². The quantitative estimate of drug-likeness (QED) is 0.851. The van der Waals surface area contributed by atoms with Gasteiger partial charge in [-0.15, -0.1) is 0 Å². The van der Waals surface area contributed by atoms with Crippen LogP contribution in [0.25, 0.3) is 0 Å². The monoisotopic (exact) mass is 329 g/mol.